The summed E-state index contributed by atoms with van der Waals surface area (Å²) < 4.78 is 21.0. The molecule has 2 N–H and O–H groups in total. The van der Waals surface area contributed by atoms with Gasteiger partial charge in [0.25, 0.3) is 11.8 Å². The second kappa shape index (κ2) is 9.35. The van der Waals surface area contributed by atoms with Crippen molar-refractivity contribution in [1.82, 2.24) is 10.9 Å². The van der Waals surface area contributed by atoms with Crippen LogP contribution in [0.25, 0.3) is 0 Å². The molecule has 10 nitrogen and oxygen atoms in total. The normalized spacial score (nSPS) is 15.6. The highest BCUT2D eigenvalue weighted by molar-refractivity contribution is 6.23. The van der Waals surface area contributed by atoms with E-state index < -0.39 is 23.8 Å². The summed E-state index contributed by atoms with van der Waals surface area (Å²) in [7, 11) is 5.79. The van der Waals surface area contributed by atoms with Gasteiger partial charge in [-0.1, -0.05) is 12.1 Å². The number of carbonyl (C=O) groups is 3. The summed E-state index contributed by atoms with van der Waals surface area (Å²) in [5.74, 6) is -0.100. The summed E-state index contributed by atoms with van der Waals surface area (Å²) in [5.41, 5.74) is 5.65. The molecule has 1 unspecified atom stereocenters. The number of nitrogens with one attached hydrogen (secondary N) is 2. The first-order chi connectivity index (χ1) is 14.9. The van der Waals surface area contributed by atoms with Gasteiger partial charge < -0.3 is 18.9 Å². The molecule has 1 fully saturated rings. The van der Waals surface area contributed by atoms with Crippen LogP contribution in [0.4, 0.5) is 5.69 Å². The largest absolute Gasteiger partial charge is 0.495 e. The number of rotatable bonds is 8. The van der Waals surface area contributed by atoms with Crippen molar-refractivity contribution >= 4 is 23.4 Å². The first kappa shape index (κ1) is 21.9. The Hall–Kier alpha value is -3.79. The van der Waals surface area contributed by atoms with Gasteiger partial charge in [0.1, 0.15) is 11.8 Å². The molecule has 3 amide bonds. The van der Waals surface area contributed by atoms with Gasteiger partial charge in [0.15, 0.2) is 11.5 Å². The van der Waals surface area contributed by atoms with Crippen LogP contribution < -0.4 is 34.7 Å². The molecule has 0 aromatic heterocycles. The number of anilines is 1. The summed E-state index contributed by atoms with van der Waals surface area (Å²) in [6.07, 6.45) is -0.119. The molecule has 31 heavy (non-hydrogen) atoms. The molecule has 2 aromatic carbocycles. The lowest BCUT2D eigenvalue weighted by atomic mass is 10.1. The van der Waals surface area contributed by atoms with Crippen LogP contribution >= 0.6 is 0 Å². The average molecular weight is 429 g/mol. The van der Waals surface area contributed by atoms with Gasteiger partial charge in [0.2, 0.25) is 11.7 Å². The zero-order valence-electron chi connectivity index (χ0n) is 17.6. The van der Waals surface area contributed by atoms with Crippen LogP contribution in [0, 0.1) is 0 Å². The van der Waals surface area contributed by atoms with Gasteiger partial charge in [-0.2, -0.15) is 0 Å². The SMILES string of the molecule is COc1ccccc1N1C(=O)CC(NNC(=O)c2cc(OC)c(OC)c(OC)c2)C1=O. The molecule has 1 heterocycles. The van der Waals surface area contributed by atoms with Crippen molar-refractivity contribution in [2.75, 3.05) is 33.3 Å². The van der Waals surface area contributed by atoms with Crippen LogP contribution in [-0.2, 0) is 9.59 Å². The number of carbonyl (C=O) groups excluding carboxylic acids is 3. The van der Waals surface area contributed by atoms with E-state index in [-0.39, 0.29) is 12.0 Å². The van der Waals surface area contributed by atoms with E-state index in [1.165, 1.54) is 40.6 Å². The van der Waals surface area contributed by atoms with Crippen LogP contribution in [0.5, 0.6) is 23.0 Å². The number of imide groups is 1. The minimum absolute atomic E-state index is 0.119. The summed E-state index contributed by atoms with van der Waals surface area (Å²) >= 11 is 0. The van der Waals surface area contributed by atoms with Gasteiger partial charge >= 0.3 is 0 Å². The highest BCUT2D eigenvalue weighted by Gasteiger charge is 2.41. The molecular formula is C21H23N3O7. The molecule has 10 heteroatoms. The van der Waals surface area contributed by atoms with Crippen LogP contribution in [0.1, 0.15) is 16.8 Å². The van der Waals surface area contributed by atoms with Crippen molar-refractivity contribution in [3.05, 3.63) is 42.0 Å². The lowest BCUT2D eigenvalue weighted by Crippen LogP contribution is -2.48. The van der Waals surface area contributed by atoms with Crippen molar-refractivity contribution in [2.24, 2.45) is 0 Å². The Balaban J connectivity index is 1.74. The van der Waals surface area contributed by atoms with E-state index in [1.54, 1.807) is 24.3 Å². The van der Waals surface area contributed by atoms with Crippen LogP contribution in [0.15, 0.2) is 36.4 Å². The van der Waals surface area contributed by atoms with Gasteiger partial charge in [-0.3, -0.25) is 19.8 Å². The molecule has 0 radical (unpaired) electrons. The molecule has 1 atom stereocenters. The molecule has 0 spiro atoms. The average Bonchev–Trinajstić information content (AvgIpc) is 3.08. The van der Waals surface area contributed by atoms with Gasteiger partial charge in [-0.25, -0.2) is 10.3 Å². The van der Waals surface area contributed by atoms with Crippen LogP contribution in [-0.4, -0.2) is 52.2 Å². The smallest absolute Gasteiger partial charge is 0.265 e. The summed E-state index contributed by atoms with van der Waals surface area (Å²) in [5, 5.41) is 0. The Morgan fingerprint density at radius 3 is 2.13 bits per heavy atom. The fraction of sp³-hybridized carbons (Fsp3) is 0.286. The molecular weight excluding hydrogens is 406 g/mol. The molecule has 1 aliphatic rings. The Morgan fingerprint density at radius 1 is 0.935 bits per heavy atom. The number of ether oxygens (including phenoxy) is 4. The van der Waals surface area contributed by atoms with E-state index in [2.05, 4.69) is 10.9 Å². The topological polar surface area (TPSA) is 115 Å². The zero-order valence-corrected chi connectivity index (χ0v) is 17.6. The third kappa shape index (κ3) is 4.24. The molecule has 1 aliphatic heterocycles. The maximum absolute atomic E-state index is 12.8. The number of hydrogen-bond acceptors (Lipinski definition) is 8. The minimum atomic E-state index is -0.927. The van der Waals surface area contributed by atoms with E-state index >= 15 is 0 Å². The van der Waals surface area contributed by atoms with Gasteiger partial charge in [-0.05, 0) is 24.3 Å². The van der Waals surface area contributed by atoms with E-state index in [9.17, 15) is 14.4 Å². The maximum Gasteiger partial charge on any atom is 0.265 e. The molecule has 0 aliphatic carbocycles. The van der Waals surface area contributed by atoms with Crippen molar-refractivity contribution in [3.8, 4) is 23.0 Å². The summed E-state index contributed by atoms with van der Waals surface area (Å²) in [6, 6.07) is 8.73. The van der Waals surface area contributed by atoms with Gasteiger partial charge in [0.05, 0.1) is 40.5 Å². The summed E-state index contributed by atoms with van der Waals surface area (Å²) in [4.78, 5) is 38.9. The van der Waals surface area contributed by atoms with Crippen LogP contribution in [0.3, 0.4) is 0 Å². The number of para-hydroxylation sites is 2. The predicted octanol–water partition coefficient (Wildman–Crippen LogP) is 1.29. The third-order valence-corrected chi connectivity index (χ3v) is 4.76. The molecule has 0 bridgehead atoms. The lowest BCUT2D eigenvalue weighted by Gasteiger charge is -2.18. The quantitative estimate of drug-likeness (QED) is 0.477. The Bertz CT molecular complexity index is 983. The Labute approximate surface area is 179 Å². The highest BCUT2D eigenvalue weighted by atomic mass is 16.5. The molecule has 0 saturated carbocycles. The van der Waals surface area contributed by atoms with E-state index in [1.807, 2.05) is 0 Å². The number of methoxy groups -OCH3 is 4. The zero-order chi connectivity index (χ0) is 22.5. The maximum atomic E-state index is 12.8. The first-order valence-corrected chi connectivity index (χ1v) is 9.30. The number of hydrazine groups is 1. The van der Waals surface area contributed by atoms with Crippen molar-refractivity contribution < 1.29 is 33.3 Å². The number of nitrogens with zero attached hydrogens (tertiary/aromatic N) is 1. The minimum Gasteiger partial charge on any atom is -0.495 e. The van der Waals surface area contributed by atoms with E-state index in [0.29, 0.717) is 28.7 Å². The van der Waals surface area contributed by atoms with E-state index in [4.69, 9.17) is 18.9 Å². The standard InChI is InChI=1S/C21H23N3O7/c1-28-15-8-6-5-7-14(15)24-18(25)11-13(21(24)27)22-23-20(26)12-9-16(29-2)19(31-4)17(10-12)30-3/h5-10,13,22H,11H2,1-4H3,(H,23,26). The number of hydrogen-bond donors (Lipinski definition) is 2. The van der Waals surface area contributed by atoms with Crippen LogP contribution in [0.2, 0.25) is 0 Å². The predicted molar refractivity (Wildman–Crippen MR) is 111 cm³/mol. The van der Waals surface area contributed by atoms with Crippen molar-refractivity contribution in [1.29, 1.82) is 0 Å². The molecule has 164 valence electrons. The Morgan fingerprint density at radius 2 is 1.55 bits per heavy atom. The monoisotopic (exact) mass is 429 g/mol. The first-order valence-electron chi connectivity index (χ1n) is 9.30. The fourth-order valence-electron chi connectivity index (χ4n) is 3.25. The fourth-order valence-corrected chi connectivity index (χ4v) is 3.25. The number of amides is 3. The van der Waals surface area contributed by atoms with Crippen molar-refractivity contribution in [2.45, 2.75) is 12.5 Å². The molecule has 2 aromatic rings. The third-order valence-electron chi connectivity index (χ3n) is 4.76. The van der Waals surface area contributed by atoms with Gasteiger partial charge in [0, 0.05) is 5.56 Å². The lowest BCUT2D eigenvalue weighted by molar-refractivity contribution is -0.121. The van der Waals surface area contributed by atoms with Gasteiger partial charge in [-0.15, -0.1) is 0 Å². The molecule has 3 rings (SSSR count). The number of benzene rings is 2. The highest BCUT2D eigenvalue weighted by Crippen LogP contribution is 2.38. The summed E-state index contributed by atoms with van der Waals surface area (Å²) in [6.45, 7) is 0. The molecule has 1 saturated heterocycles. The van der Waals surface area contributed by atoms with Crippen molar-refractivity contribution in [3.63, 3.8) is 0 Å². The second-order valence-corrected chi connectivity index (χ2v) is 6.51. The Kier molecular flexibility index (Phi) is 6.61. The second-order valence-electron chi connectivity index (χ2n) is 6.51. The van der Waals surface area contributed by atoms with E-state index in [0.717, 1.165) is 4.90 Å².